The predicted molar refractivity (Wildman–Crippen MR) is 78.8 cm³/mol. The normalized spacial score (nSPS) is 10.9. The van der Waals surface area contributed by atoms with Gasteiger partial charge in [-0.2, -0.15) is 0 Å². The molecule has 0 spiro atoms. The molecule has 0 aromatic heterocycles. The van der Waals surface area contributed by atoms with Gasteiger partial charge in [0, 0.05) is 10.6 Å². The Kier molecular flexibility index (Phi) is 3.32. The largest absolute Gasteiger partial charge is 0.399 e. The second-order valence-corrected chi connectivity index (χ2v) is 5.51. The minimum absolute atomic E-state index is 0.0329. The molecule has 0 atom stereocenters. The lowest BCUT2D eigenvalue weighted by atomic mass is 10.1. The highest BCUT2D eigenvalue weighted by atomic mass is 32.2. The lowest BCUT2D eigenvalue weighted by Gasteiger charge is -2.07. The van der Waals surface area contributed by atoms with Crippen LogP contribution in [0.4, 0.5) is 14.5 Å². The average molecular weight is 287 g/mol. The summed E-state index contributed by atoms with van der Waals surface area (Å²) in [5.74, 6) is -1.28. The van der Waals surface area contributed by atoms with Gasteiger partial charge in [-0.3, -0.25) is 0 Å². The van der Waals surface area contributed by atoms with Gasteiger partial charge in [0.2, 0.25) is 0 Å². The molecule has 100 valence electrons. The monoisotopic (exact) mass is 287 g/mol. The van der Waals surface area contributed by atoms with Crippen molar-refractivity contribution in [3.63, 3.8) is 0 Å². The molecule has 0 aliphatic heterocycles. The van der Waals surface area contributed by atoms with Crippen molar-refractivity contribution in [1.82, 2.24) is 0 Å². The van der Waals surface area contributed by atoms with Gasteiger partial charge in [0.25, 0.3) is 0 Å². The van der Waals surface area contributed by atoms with Crippen LogP contribution in [0.2, 0.25) is 0 Å². The summed E-state index contributed by atoms with van der Waals surface area (Å²) in [5.41, 5.74) is 5.49. The molecular weight excluding hydrogens is 276 g/mol. The van der Waals surface area contributed by atoms with E-state index >= 15 is 0 Å². The fraction of sp³-hybridized carbons (Fsp3) is 0. The van der Waals surface area contributed by atoms with Crippen molar-refractivity contribution in [2.45, 2.75) is 9.79 Å². The molecule has 0 aliphatic rings. The first-order valence-electron chi connectivity index (χ1n) is 6.04. The summed E-state index contributed by atoms with van der Waals surface area (Å²) >= 11 is 1.06. The van der Waals surface area contributed by atoms with Crippen molar-refractivity contribution < 1.29 is 8.78 Å². The first-order valence-corrected chi connectivity index (χ1v) is 6.86. The Morgan fingerprint density at radius 1 is 0.800 bits per heavy atom. The average Bonchev–Trinajstić information content (AvgIpc) is 2.42. The highest BCUT2D eigenvalue weighted by molar-refractivity contribution is 7.99. The fourth-order valence-corrected chi connectivity index (χ4v) is 2.90. The number of hydrogen-bond donors (Lipinski definition) is 1. The van der Waals surface area contributed by atoms with Gasteiger partial charge in [0.05, 0.1) is 4.90 Å². The van der Waals surface area contributed by atoms with E-state index in [1.54, 1.807) is 0 Å². The molecule has 20 heavy (non-hydrogen) atoms. The van der Waals surface area contributed by atoms with Crippen LogP contribution in [0.15, 0.2) is 64.4 Å². The van der Waals surface area contributed by atoms with E-state index in [1.165, 1.54) is 0 Å². The molecule has 0 bridgehead atoms. The van der Waals surface area contributed by atoms with Crippen molar-refractivity contribution in [2.75, 3.05) is 5.73 Å². The molecule has 3 aromatic carbocycles. The number of anilines is 1. The van der Waals surface area contributed by atoms with E-state index in [-0.39, 0.29) is 10.6 Å². The maximum atomic E-state index is 13.8. The van der Waals surface area contributed by atoms with Crippen molar-refractivity contribution in [3.8, 4) is 0 Å². The summed E-state index contributed by atoms with van der Waals surface area (Å²) in [5, 5.41) is 2.13. The zero-order valence-corrected chi connectivity index (χ0v) is 11.3. The van der Waals surface area contributed by atoms with E-state index in [0.717, 1.165) is 39.6 Å². The van der Waals surface area contributed by atoms with Crippen LogP contribution in [0, 0.1) is 11.6 Å². The summed E-state index contributed by atoms with van der Waals surface area (Å²) in [6, 6.07) is 15.8. The molecule has 0 saturated carbocycles. The summed E-state index contributed by atoms with van der Waals surface area (Å²) < 4.78 is 27.5. The Morgan fingerprint density at radius 3 is 2.15 bits per heavy atom. The molecule has 0 saturated heterocycles. The fourth-order valence-electron chi connectivity index (χ4n) is 2.03. The molecule has 3 rings (SSSR count). The van der Waals surface area contributed by atoms with E-state index in [1.807, 2.05) is 42.5 Å². The highest BCUT2D eigenvalue weighted by Crippen LogP contribution is 2.34. The smallest absolute Gasteiger partial charge is 0.142 e. The molecule has 0 radical (unpaired) electrons. The minimum Gasteiger partial charge on any atom is -0.399 e. The number of halogens is 2. The number of benzene rings is 3. The Labute approximate surface area is 119 Å². The Balaban J connectivity index is 2.01. The standard InChI is InChI=1S/C16H11F2NS/c17-14-8-12(19)9-15(18)16(14)20-13-6-5-10-3-1-2-4-11(10)7-13/h1-9H,19H2. The van der Waals surface area contributed by atoms with Gasteiger partial charge >= 0.3 is 0 Å². The minimum atomic E-state index is -0.638. The molecule has 2 N–H and O–H groups in total. The highest BCUT2D eigenvalue weighted by Gasteiger charge is 2.12. The molecule has 1 nitrogen and oxygen atoms in total. The summed E-state index contributed by atoms with van der Waals surface area (Å²) in [4.78, 5) is 0.751. The zero-order valence-electron chi connectivity index (χ0n) is 10.4. The third-order valence-electron chi connectivity index (χ3n) is 2.96. The molecule has 0 heterocycles. The number of fused-ring (bicyclic) bond motifs is 1. The third-order valence-corrected chi connectivity index (χ3v) is 4.05. The SMILES string of the molecule is Nc1cc(F)c(Sc2ccc3ccccc3c2)c(F)c1. The van der Waals surface area contributed by atoms with Gasteiger partial charge in [-0.1, -0.05) is 42.1 Å². The van der Waals surface area contributed by atoms with Crippen LogP contribution in [0.5, 0.6) is 0 Å². The van der Waals surface area contributed by atoms with E-state index in [0.29, 0.717) is 0 Å². The van der Waals surface area contributed by atoms with Gasteiger partial charge in [0.1, 0.15) is 11.6 Å². The second-order valence-electron chi connectivity index (χ2n) is 4.42. The van der Waals surface area contributed by atoms with Gasteiger partial charge in [-0.25, -0.2) is 8.78 Å². The van der Waals surface area contributed by atoms with Gasteiger partial charge in [-0.15, -0.1) is 0 Å². The second kappa shape index (κ2) is 5.13. The van der Waals surface area contributed by atoms with Gasteiger partial charge in [-0.05, 0) is 35.0 Å². The lowest BCUT2D eigenvalue weighted by molar-refractivity contribution is 0.542. The van der Waals surface area contributed by atoms with Crippen LogP contribution in [-0.4, -0.2) is 0 Å². The number of nitrogens with two attached hydrogens (primary N) is 1. The first-order chi connectivity index (χ1) is 9.63. The number of hydrogen-bond acceptors (Lipinski definition) is 2. The van der Waals surface area contributed by atoms with Crippen LogP contribution in [0.1, 0.15) is 0 Å². The molecule has 0 unspecified atom stereocenters. The van der Waals surface area contributed by atoms with Gasteiger partial charge in [0.15, 0.2) is 0 Å². The maximum Gasteiger partial charge on any atom is 0.142 e. The van der Waals surface area contributed by atoms with Crippen molar-refractivity contribution >= 4 is 28.2 Å². The summed E-state index contributed by atoms with van der Waals surface area (Å²) in [7, 11) is 0. The molecule has 4 heteroatoms. The van der Waals surface area contributed by atoms with Gasteiger partial charge < -0.3 is 5.73 Å². The van der Waals surface area contributed by atoms with Crippen molar-refractivity contribution in [3.05, 3.63) is 66.2 Å². The lowest BCUT2D eigenvalue weighted by Crippen LogP contribution is -1.93. The van der Waals surface area contributed by atoms with Crippen molar-refractivity contribution in [1.29, 1.82) is 0 Å². The topological polar surface area (TPSA) is 26.0 Å². The Morgan fingerprint density at radius 2 is 1.45 bits per heavy atom. The maximum absolute atomic E-state index is 13.8. The van der Waals surface area contributed by atoms with Crippen molar-refractivity contribution in [2.24, 2.45) is 0 Å². The molecule has 0 aliphatic carbocycles. The molecule has 3 aromatic rings. The predicted octanol–water partition coefficient (Wildman–Crippen LogP) is 4.85. The number of rotatable bonds is 2. The zero-order chi connectivity index (χ0) is 14.1. The van der Waals surface area contributed by atoms with Crippen LogP contribution in [0.3, 0.4) is 0 Å². The first kappa shape index (κ1) is 12.9. The molecule has 0 amide bonds. The van der Waals surface area contributed by atoms with E-state index in [4.69, 9.17) is 5.73 Å². The van der Waals surface area contributed by atoms with E-state index < -0.39 is 11.6 Å². The molecular formula is C16H11F2NS. The van der Waals surface area contributed by atoms with Crippen LogP contribution >= 0.6 is 11.8 Å². The Bertz CT molecular complexity index is 763. The van der Waals surface area contributed by atoms with E-state index in [2.05, 4.69) is 0 Å². The summed E-state index contributed by atoms with van der Waals surface area (Å²) in [6.45, 7) is 0. The number of nitrogen functional groups attached to an aromatic ring is 1. The Hall–Kier alpha value is -2.07. The summed E-state index contributed by atoms with van der Waals surface area (Å²) in [6.07, 6.45) is 0. The van der Waals surface area contributed by atoms with Crippen LogP contribution in [-0.2, 0) is 0 Å². The third kappa shape index (κ3) is 2.47. The molecule has 0 fully saturated rings. The van der Waals surface area contributed by atoms with Crippen LogP contribution < -0.4 is 5.73 Å². The van der Waals surface area contributed by atoms with Crippen LogP contribution in [0.25, 0.3) is 10.8 Å². The van der Waals surface area contributed by atoms with E-state index in [9.17, 15) is 8.78 Å². The quantitative estimate of drug-likeness (QED) is 0.682.